The van der Waals surface area contributed by atoms with Crippen molar-refractivity contribution in [1.82, 2.24) is 9.78 Å². The number of aryl methyl sites for hydroxylation is 3. The number of benzene rings is 1. The van der Waals surface area contributed by atoms with Gasteiger partial charge in [0.15, 0.2) is 0 Å². The molecule has 17 heavy (non-hydrogen) atoms. The van der Waals surface area contributed by atoms with Crippen molar-refractivity contribution in [2.24, 2.45) is 0 Å². The number of hydrogen-bond acceptors (Lipinski definition) is 1. The largest absolute Gasteiger partial charge is 0.238 e. The molecule has 2 aromatic rings. The van der Waals surface area contributed by atoms with E-state index in [0.717, 1.165) is 22.6 Å². The Kier molecular flexibility index (Phi) is 3.25. The van der Waals surface area contributed by atoms with Crippen LogP contribution in [0, 0.1) is 27.7 Å². The van der Waals surface area contributed by atoms with Crippen molar-refractivity contribution >= 4 is 11.6 Å². The van der Waals surface area contributed by atoms with Gasteiger partial charge in [-0.1, -0.05) is 6.07 Å². The van der Waals surface area contributed by atoms with Gasteiger partial charge in [0.2, 0.25) is 0 Å². The highest BCUT2D eigenvalue weighted by molar-refractivity contribution is 6.17. The molecule has 2 nitrogen and oxygen atoms in total. The standard InChI is InChI=1S/C14H17ClN2/c1-9-5-6-13(7-10(9)2)17-12(4)14(8-15)11(3)16-17/h5-7H,8H2,1-4H3. The molecule has 2 rings (SSSR count). The normalized spacial score (nSPS) is 10.9. The lowest BCUT2D eigenvalue weighted by Crippen LogP contribution is -2.00. The van der Waals surface area contributed by atoms with Gasteiger partial charge in [-0.15, -0.1) is 11.6 Å². The van der Waals surface area contributed by atoms with E-state index in [-0.39, 0.29) is 0 Å². The molecule has 0 spiro atoms. The summed E-state index contributed by atoms with van der Waals surface area (Å²) in [7, 11) is 0. The van der Waals surface area contributed by atoms with Gasteiger partial charge in [-0.25, -0.2) is 4.68 Å². The predicted octanol–water partition coefficient (Wildman–Crippen LogP) is 3.84. The number of aromatic nitrogens is 2. The Morgan fingerprint density at radius 2 is 1.82 bits per heavy atom. The molecule has 0 atom stereocenters. The summed E-state index contributed by atoms with van der Waals surface area (Å²) in [6, 6.07) is 6.38. The Labute approximate surface area is 107 Å². The molecule has 0 aliphatic heterocycles. The molecule has 0 fully saturated rings. The minimum atomic E-state index is 0.516. The molecule has 0 unspecified atom stereocenters. The Hall–Kier alpha value is -1.28. The van der Waals surface area contributed by atoms with E-state index >= 15 is 0 Å². The van der Waals surface area contributed by atoms with Gasteiger partial charge in [0.25, 0.3) is 0 Å². The number of rotatable bonds is 2. The van der Waals surface area contributed by atoms with E-state index in [1.54, 1.807) is 0 Å². The first-order chi connectivity index (χ1) is 8.04. The van der Waals surface area contributed by atoms with Crippen molar-refractivity contribution in [2.45, 2.75) is 33.6 Å². The SMILES string of the molecule is Cc1ccc(-n2nc(C)c(CCl)c2C)cc1C. The fourth-order valence-electron chi connectivity index (χ4n) is 1.98. The molecular formula is C14H17ClN2. The molecule has 0 saturated carbocycles. The first-order valence-electron chi connectivity index (χ1n) is 5.73. The maximum atomic E-state index is 5.94. The van der Waals surface area contributed by atoms with Gasteiger partial charge >= 0.3 is 0 Å². The van der Waals surface area contributed by atoms with Crippen molar-refractivity contribution in [3.63, 3.8) is 0 Å². The second-order valence-electron chi connectivity index (χ2n) is 4.46. The fourth-order valence-corrected chi connectivity index (χ4v) is 2.36. The highest BCUT2D eigenvalue weighted by Crippen LogP contribution is 2.21. The third-order valence-corrected chi connectivity index (χ3v) is 3.58. The predicted molar refractivity (Wildman–Crippen MR) is 72.1 cm³/mol. The maximum Gasteiger partial charge on any atom is 0.0651 e. The molecule has 0 saturated heterocycles. The van der Waals surface area contributed by atoms with Gasteiger partial charge in [-0.2, -0.15) is 5.10 Å². The zero-order chi connectivity index (χ0) is 12.6. The molecule has 0 aliphatic rings. The maximum absolute atomic E-state index is 5.94. The zero-order valence-electron chi connectivity index (χ0n) is 10.7. The van der Waals surface area contributed by atoms with Crippen molar-refractivity contribution in [2.75, 3.05) is 0 Å². The number of halogens is 1. The summed E-state index contributed by atoms with van der Waals surface area (Å²) in [5.74, 6) is 0.516. The Morgan fingerprint density at radius 3 is 2.35 bits per heavy atom. The highest BCUT2D eigenvalue weighted by Gasteiger charge is 2.11. The summed E-state index contributed by atoms with van der Waals surface area (Å²) in [5.41, 5.74) is 6.95. The molecular weight excluding hydrogens is 232 g/mol. The summed E-state index contributed by atoms with van der Waals surface area (Å²) in [4.78, 5) is 0. The van der Waals surface area contributed by atoms with Gasteiger partial charge < -0.3 is 0 Å². The van der Waals surface area contributed by atoms with E-state index in [1.807, 2.05) is 11.6 Å². The van der Waals surface area contributed by atoms with Crippen LogP contribution in [0.5, 0.6) is 0 Å². The van der Waals surface area contributed by atoms with Crippen LogP contribution in [0.4, 0.5) is 0 Å². The van der Waals surface area contributed by atoms with Crippen LogP contribution in [0.1, 0.15) is 28.1 Å². The van der Waals surface area contributed by atoms with Crippen LogP contribution in [0.3, 0.4) is 0 Å². The quantitative estimate of drug-likeness (QED) is 0.739. The molecule has 0 radical (unpaired) electrons. The molecule has 0 N–H and O–H groups in total. The lowest BCUT2D eigenvalue weighted by atomic mass is 10.1. The Morgan fingerprint density at radius 1 is 1.12 bits per heavy atom. The molecule has 1 aromatic heterocycles. The van der Waals surface area contributed by atoms with E-state index in [9.17, 15) is 0 Å². The van der Waals surface area contributed by atoms with Crippen LogP contribution >= 0.6 is 11.6 Å². The van der Waals surface area contributed by atoms with Crippen molar-refractivity contribution in [3.05, 3.63) is 46.3 Å². The summed E-state index contributed by atoms with van der Waals surface area (Å²) in [6.45, 7) is 8.30. The lowest BCUT2D eigenvalue weighted by molar-refractivity contribution is 0.831. The summed E-state index contributed by atoms with van der Waals surface area (Å²) in [5, 5.41) is 4.55. The van der Waals surface area contributed by atoms with E-state index in [1.165, 1.54) is 11.1 Å². The zero-order valence-corrected chi connectivity index (χ0v) is 11.5. The van der Waals surface area contributed by atoms with Gasteiger partial charge in [-0.3, -0.25) is 0 Å². The number of nitrogens with zero attached hydrogens (tertiary/aromatic N) is 2. The third-order valence-electron chi connectivity index (χ3n) is 3.31. The van der Waals surface area contributed by atoms with Gasteiger partial charge in [0, 0.05) is 11.3 Å². The summed E-state index contributed by atoms with van der Waals surface area (Å²) < 4.78 is 1.97. The molecule has 0 amide bonds. The van der Waals surface area contributed by atoms with Gasteiger partial charge in [-0.05, 0) is 51.0 Å². The smallest absolute Gasteiger partial charge is 0.0651 e. The van der Waals surface area contributed by atoms with Gasteiger partial charge in [0.05, 0.1) is 17.3 Å². The molecule has 1 aromatic carbocycles. The van der Waals surface area contributed by atoms with E-state index in [4.69, 9.17) is 11.6 Å². The minimum absolute atomic E-state index is 0.516. The first kappa shape index (κ1) is 12.2. The van der Waals surface area contributed by atoms with Crippen LogP contribution in [0.15, 0.2) is 18.2 Å². The van der Waals surface area contributed by atoms with Crippen LogP contribution in [-0.2, 0) is 5.88 Å². The number of hydrogen-bond donors (Lipinski definition) is 0. The summed E-state index contributed by atoms with van der Waals surface area (Å²) >= 11 is 5.94. The first-order valence-corrected chi connectivity index (χ1v) is 6.26. The Balaban J connectivity index is 2.57. The average Bonchev–Trinajstić information content (AvgIpc) is 2.58. The molecule has 1 heterocycles. The highest BCUT2D eigenvalue weighted by atomic mass is 35.5. The second-order valence-corrected chi connectivity index (χ2v) is 4.73. The topological polar surface area (TPSA) is 17.8 Å². The second kappa shape index (κ2) is 4.53. The summed E-state index contributed by atoms with van der Waals surface area (Å²) in [6.07, 6.45) is 0. The minimum Gasteiger partial charge on any atom is -0.238 e. The van der Waals surface area contributed by atoms with E-state index in [0.29, 0.717) is 5.88 Å². The van der Waals surface area contributed by atoms with Crippen molar-refractivity contribution < 1.29 is 0 Å². The molecule has 0 aliphatic carbocycles. The Bertz CT molecular complexity index is 556. The van der Waals surface area contributed by atoms with Crippen LogP contribution < -0.4 is 0 Å². The van der Waals surface area contributed by atoms with E-state index in [2.05, 4.69) is 44.1 Å². The number of alkyl halides is 1. The third kappa shape index (κ3) is 2.09. The van der Waals surface area contributed by atoms with Gasteiger partial charge in [0.1, 0.15) is 0 Å². The molecule has 0 bridgehead atoms. The van der Waals surface area contributed by atoms with Crippen LogP contribution in [0.25, 0.3) is 5.69 Å². The average molecular weight is 249 g/mol. The van der Waals surface area contributed by atoms with Crippen molar-refractivity contribution in [1.29, 1.82) is 0 Å². The van der Waals surface area contributed by atoms with Crippen molar-refractivity contribution in [3.8, 4) is 5.69 Å². The lowest BCUT2D eigenvalue weighted by Gasteiger charge is -2.07. The monoisotopic (exact) mass is 248 g/mol. The fraction of sp³-hybridized carbons (Fsp3) is 0.357. The van der Waals surface area contributed by atoms with E-state index < -0.39 is 0 Å². The van der Waals surface area contributed by atoms with Crippen LogP contribution in [-0.4, -0.2) is 9.78 Å². The molecule has 3 heteroatoms. The van der Waals surface area contributed by atoms with Crippen LogP contribution in [0.2, 0.25) is 0 Å². The molecule has 90 valence electrons.